The number of rotatable bonds is 5. The third-order valence-corrected chi connectivity index (χ3v) is 4.57. The van der Waals surface area contributed by atoms with Gasteiger partial charge >= 0.3 is 6.18 Å². The summed E-state index contributed by atoms with van der Waals surface area (Å²) in [4.78, 5) is 5.59. The molecule has 1 aromatic heterocycles. The molecule has 2 heterocycles. The van der Waals surface area contributed by atoms with Crippen molar-refractivity contribution >= 4 is 29.9 Å². The quantitative estimate of drug-likeness (QED) is 0.379. The maximum absolute atomic E-state index is 12.5. The summed E-state index contributed by atoms with van der Waals surface area (Å²) in [7, 11) is 3.59. The summed E-state index contributed by atoms with van der Waals surface area (Å²) in [6, 6.07) is -0.0181. The minimum atomic E-state index is -4.14. The van der Waals surface area contributed by atoms with Crippen molar-refractivity contribution in [3.05, 3.63) is 17.0 Å². The molecule has 2 rings (SSSR count). The first kappa shape index (κ1) is 23.0. The summed E-state index contributed by atoms with van der Waals surface area (Å²) in [5, 5.41) is 10.8. The predicted octanol–water partition coefficient (Wildman–Crippen LogP) is 2.00. The first-order valence-electron chi connectivity index (χ1n) is 8.45. The SMILES string of the molecule is CN=C(NCCc1c(C)nn(C)c1C)NC1CCN(CC(F)(F)F)C1.I. The summed E-state index contributed by atoms with van der Waals surface area (Å²) >= 11 is 0. The number of nitrogens with zero attached hydrogens (tertiary/aromatic N) is 4. The van der Waals surface area contributed by atoms with E-state index < -0.39 is 12.7 Å². The van der Waals surface area contributed by atoms with Gasteiger partial charge in [0.15, 0.2) is 5.96 Å². The highest BCUT2D eigenvalue weighted by Crippen LogP contribution is 2.19. The van der Waals surface area contributed by atoms with E-state index in [9.17, 15) is 13.2 Å². The molecule has 26 heavy (non-hydrogen) atoms. The second-order valence-electron chi connectivity index (χ2n) is 6.50. The van der Waals surface area contributed by atoms with Crippen LogP contribution < -0.4 is 10.6 Å². The first-order chi connectivity index (χ1) is 11.7. The minimum Gasteiger partial charge on any atom is -0.356 e. The van der Waals surface area contributed by atoms with Gasteiger partial charge in [-0.25, -0.2) is 0 Å². The van der Waals surface area contributed by atoms with E-state index in [4.69, 9.17) is 0 Å². The van der Waals surface area contributed by atoms with Gasteiger partial charge in [0, 0.05) is 45.5 Å². The zero-order valence-electron chi connectivity index (χ0n) is 15.7. The predicted molar refractivity (Wildman–Crippen MR) is 107 cm³/mol. The highest BCUT2D eigenvalue weighted by Gasteiger charge is 2.34. The normalized spacial score (nSPS) is 18.7. The lowest BCUT2D eigenvalue weighted by atomic mass is 10.1. The molecule has 0 spiro atoms. The largest absolute Gasteiger partial charge is 0.401 e. The van der Waals surface area contributed by atoms with Crippen molar-refractivity contribution in [2.45, 2.75) is 38.9 Å². The van der Waals surface area contributed by atoms with E-state index in [0.29, 0.717) is 32.0 Å². The number of hydrogen-bond donors (Lipinski definition) is 2. The molecule has 1 fully saturated rings. The monoisotopic (exact) mass is 488 g/mol. The van der Waals surface area contributed by atoms with Gasteiger partial charge < -0.3 is 10.6 Å². The standard InChI is InChI=1S/C16H27F3N6.HI/c1-11-14(12(2)24(4)23-11)5-7-21-15(20-3)22-13-6-8-25(9-13)10-16(17,18)19;/h13H,5-10H2,1-4H3,(H2,20,21,22);1H. The molecular formula is C16H28F3IN6. The number of nitrogens with one attached hydrogen (secondary N) is 2. The van der Waals surface area contributed by atoms with Crippen LogP contribution in [0.3, 0.4) is 0 Å². The summed E-state index contributed by atoms with van der Waals surface area (Å²) in [6.45, 7) is 4.69. The van der Waals surface area contributed by atoms with Crippen molar-refractivity contribution in [1.29, 1.82) is 0 Å². The zero-order chi connectivity index (χ0) is 18.6. The van der Waals surface area contributed by atoms with Crippen LogP contribution in [0.1, 0.15) is 23.4 Å². The molecular weight excluding hydrogens is 460 g/mol. The molecule has 1 aliphatic heterocycles. The summed E-state index contributed by atoms with van der Waals surface area (Å²) in [6.07, 6.45) is -2.65. The Balaban J connectivity index is 0.00000338. The molecule has 1 aromatic rings. The molecule has 6 nitrogen and oxygen atoms in total. The zero-order valence-corrected chi connectivity index (χ0v) is 18.0. The van der Waals surface area contributed by atoms with Crippen LogP contribution in [0, 0.1) is 13.8 Å². The second-order valence-corrected chi connectivity index (χ2v) is 6.50. The van der Waals surface area contributed by atoms with E-state index in [0.717, 1.165) is 17.8 Å². The van der Waals surface area contributed by atoms with E-state index >= 15 is 0 Å². The smallest absolute Gasteiger partial charge is 0.356 e. The molecule has 0 bridgehead atoms. The van der Waals surface area contributed by atoms with Crippen LogP contribution >= 0.6 is 24.0 Å². The molecule has 0 aromatic carbocycles. The fourth-order valence-corrected chi connectivity index (χ4v) is 3.22. The van der Waals surface area contributed by atoms with Gasteiger partial charge in [0.05, 0.1) is 12.2 Å². The molecule has 0 saturated carbocycles. The van der Waals surface area contributed by atoms with Crippen molar-refractivity contribution in [2.75, 3.05) is 33.2 Å². The van der Waals surface area contributed by atoms with E-state index in [1.54, 1.807) is 7.05 Å². The van der Waals surface area contributed by atoms with Gasteiger partial charge in [-0.3, -0.25) is 14.6 Å². The molecule has 10 heteroatoms. The average Bonchev–Trinajstić information content (AvgIpc) is 3.03. The maximum atomic E-state index is 12.5. The highest BCUT2D eigenvalue weighted by molar-refractivity contribution is 14.0. The van der Waals surface area contributed by atoms with Crippen LogP contribution in [-0.2, 0) is 13.5 Å². The lowest BCUT2D eigenvalue weighted by Gasteiger charge is -2.19. The molecule has 0 aliphatic carbocycles. The molecule has 150 valence electrons. The van der Waals surface area contributed by atoms with Crippen molar-refractivity contribution in [1.82, 2.24) is 25.3 Å². The topological polar surface area (TPSA) is 57.5 Å². The Morgan fingerprint density at radius 1 is 1.35 bits per heavy atom. The number of aliphatic imine (C=N–C) groups is 1. The van der Waals surface area contributed by atoms with Crippen molar-refractivity contribution in [3.63, 3.8) is 0 Å². The molecule has 0 amide bonds. The minimum absolute atomic E-state index is 0. The number of aryl methyl sites for hydroxylation is 2. The Morgan fingerprint density at radius 3 is 2.58 bits per heavy atom. The van der Waals surface area contributed by atoms with Crippen LogP contribution in [-0.4, -0.2) is 66.1 Å². The van der Waals surface area contributed by atoms with E-state index in [1.807, 2.05) is 25.6 Å². The lowest BCUT2D eigenvalue weighted by molar-refractivity contribution is -0.143. The molecule has 0 radical (unpaired) electrons. The van der Waals surface area contributed by atoms with Gasteiger partial charge in [-0.05, 0) is 32.3 Å². The van der Waals surface area contributed by atoms with Crippen molar-refractivity contribution < 1.29 is 13.2 Å². The highest BCUT2D eigenvalue weighted by atomic mass is 127. The fraction of sp³-hybridized carbons (Fsp3) is 0.750. The number of alkyl halides is 3. The Hall–Kier alpha value is -1.04. The second kappa shape index (κ2) is 9.77. The molecule has 1 atom stereocenters. The van der Waals surface area contributed by atoms with Crippen LogP contribution in [0.25, 0.3) is 0 Å². The Bertz CT molecular complexity index is 614. The van der Waals surface area contributed by atoms with Gasteiger partial charge in [-0.15, -0.1) is 24.0 Å². The van der Waals surface area contributed by atoms with Crippen molar-refractivity contribution in [3.8, 4) is 0 Å². The van der Waals surface area contributed by atoms with E-state index in [2.05, 4.69) is 20.7 Å². The van der Waals surface area contributed by atoms with Crippen LogP contribution in [0.15, 0.2) is 4.99 Å². The van der Waals surface area contributed by atoms with Crippen molar-refractivity contribution in [2.24, 2.45) is 12.0 Å². The number of likely N-dealkylation sites (tertiary alicyclic amines) is 1. The third-order valence-electron chi connectivity index (χ3n) is 4.57. The Labute approximate surface area is 169 Å². The maximum Gasteiger partial charge on any atom is 0.401 e. The van der Waals surface area contributed by atoms with Gasteiger partial charge in [-0.2, -0.15) is 18.3 Å². The molecule has 2 N–H and O–H groups in total. The van der Waals surface area contributed by atoms with Gasteiger partial charge in [0.1, 0.15) is 0 Å². The van der Waals surface area contributed by atoms with Crippen LogP contribution in [0.5, 0.6) is 0 Å². The number of halogens is 4. The lowest BCUT2D eigenvalue weighted by Crippen LogP contribution is -2.45. The number of guanidine groups is 1. The summed E-state index contributed by atoms with van der Waals surface area (Å²) in [5.74, 6) is 0.623. The summed E-state index contributed by atoms with van der Waals surface area (Å²) in [5.41, 5.74) is 3.37. The van der Waals surface area contributed by atoms with Crippen LogP contribution in [0.4, 0.5) is 13.2 Å². The van der Waals surface area contributed by atoms with Crippen LogP contribution in [0.2, 0.25) is 0 Å². The van der Waals surface area contributed by atoms with E-state index in [-0.39, 0.29) is 30.0 Å². The van der Waals surface area contributed by atoms with E-state index in [1.165, 1.54) is 10.5 Å². The fourth-order valence-electron chi connectivity index (χ4n) is 3.22. The molecule has 1 saturated heterocycles. The Morgan fingerprint density at radius 2 is 2.04 bits per heavy atom. The number of aromatic nitrogens is 2. The van der Waals surface area contributed by atoms with Gasteiger partial charge in [-0.1, -0.05) is 0 Å². The third kappa shape index (κ3) is 6.60. The summed E-state index contributed by atoms with van der Waals surface area (Å²) < 4.78 is 39.2. The number of hydrogen-bond acceptors (Lipinski definition) is 3. The molecule has 1 unspecified atom stereocenters. The average molecular weight is 488 g/mol. The Kier molecular flexibility index (Phi) is 8.64. The van der Waals surface area contributed by atoms with Gasteiger partial charge in [0.2, 0.25) is 0 Å². The molecule has 1 aliphatic rings. The van der Waals surface area contributed by atoms with Gasteiger partial charge in [0.25, 0.3) is 0 Å². The first-order valence-corrected chi connectivity index (χ1v) is 8.45.